The minimum absolute atomic E-state index is 0.125. The van der Waals surface area contributed by atoms with E-state index in [0.29, 0.717) is 12.5 Å². The van der Waals surface area contributed by atoms with Crippen LogP contribution in [0.2, 0.25) is 0 Å². The van der Waals surface area contributed by atoms with Crippen molar-refractivity contribution in [2.45, 2.75) is 32.4 Å². The number of carbonyl (C=O) groups excluding carboxylic acids is 2. The van der Waals surface area contributed by atoms with E-state index in [-0.39, 0.29) is 11.9 Å². The summed E-state index contributed by atoms with van der Waals surface area (Å²) in [6.07, 6.45) is -0.433. The van der Waals surface area contributed by atoms with Crippen LogP contribution in [-0.2, 0) is 14.3 Å². The van der Waals surface area contributed by atoms with E-state index in [1.807, 2.05) is 20.8 Å². The first-order valence-electron chi connectivity index (χ1n) is 6.61. The highest BCUT2D eigenvalue weighted by Gasteiger charge is 2.51. The SMILES string of the molecule is COC(=O)C1C2CNCC2CN1C(=O)OC(C)(C)C. The summed E-state index contributed by atoms with van der Waals surface area (Å²) in [5, 5.41) is 3.25. The number of rotatable bonds is 1. The number of hydrogen-bond donors (Lipinski definition) is 1. The molecule has 3 atom stereocenters. The molecule has 0 aliphatic carbocycles. The van der Waals surface area contributed by atoms with E-state index in [0.717, 1.165) is 13.1 Å². The van der Waals surface area contributed by atoms with Gasteiger partial charge in [0.2, 0.25) is 0 Å². The summed E-state index contributed by atoms with van der Waals surface area (Å²) in [5.41, 5.74) is -0.562. The van der Waals surface area contributed by atoms with Gasteiger partial charge in [-0.15, -0.1) is 0 Å². The summed E-state index contributed by atoms with van der Waals surface area (Å²) in [5.74, 6) is 0.0682. The Balaban J connectivity index is 2.14. The molecule has 0 radical (unpaired) electrons. The fourth-order valence-electron chi connectivity index (χ4n) is 2.85. The van der Waals surface area contributed by atoms with Crippen molar-refractivity contribution in [3.05, 3.63) is 0 Å². The largest absolute Gasteiger partial charge is 0.467 e. The molecule has 1 amide bonds. The molecular weight excluding hydrogens is 248 g/mol. The van der Waals surface area contributed by atoms with Gasteiger partial charge in [-0.3, -0.25) is 4.90 Å². The van der Waals surface area contributed by atoms with Crippen LogP contribution in [0.3, 0.4) is 0 Å². The molecule has 2 saturated heterocycles. The van der Waals surface area contributed by atoms with Gasteiger partial charge in [-0.2, -0.15) is 0 Å². The summed E-state index contributed by atoms with van der Waals surface area (Å²) < 4.78 is 10.2. The van der Waals surface area contributed by atoms with E-state index in [9.17, 15) is 9.59 Å². The molecule has 6 nitrogen and oxygen atoms in total. The van der Waals surface area contributed by atoms with Crippen LogP contribution in [0.4, 0.5) is 4.79 Å². The summed E-state index contributed by atoms with van der Waals surface area (Å²) in [6, 6.07) is -0.528. The molecule has 2 heterocycles. The van der Waals surface area contributed by atoms with Gasteiger partial charge in [-0.1, -0.05) is 0 Å². The third-order valence-corrected chi connectivity index (χ3v) is 3.64. The molecule has 0 spiro atoms. The lowest BCUT2D eigenvalue weighted by Gasteiger charge is -2.28. The minimum atomic E-state index is -0.562. The smallest absolute Gasteiger partial charge is 0.411 e. The fourth-order valence-corrected chi connectivity index (χ4v) is 2.85. The van der Waals surface area contributed by atoms with Gasteiger partial charge in [-0.05, 0) is 26.7 Å². The number of ether oxygens (including phenoxy) is 2. The number of carbonyl (C=O) groups is 2. The van der Waals surface area contributed by atoms with E-state index >= 15 is 0 Å². The molecule has 1 N–H and O–H groups in total. The second-order valence-electron chi connectivity index (χ2n) is 6.18. The molecule has 108 valence electrons. The normalized spacial score (nSPS) is 30.1. The Morgan fingerprint density at radius 3 is 2.53 bits per heavy atom. The Labute approximate surface area is 113 Å². The van der Waals surface area contributed by atoms with Crippen molar-refractivity contribution in [1.29, 1.82) is 0 Å². The number of likely N-dealkylation sites (tertiary alicyclic amines) is 1. The number of fused-ring (bicyclic) bond motifs is 1. The van der Waals surface area contributed by atoms with Crippen LogP contribution in [0, 0.1) is 11.8 Å². The Kier molecular flexibility index (Phi) is 3.71. The van der Waals surface area contributed by atoms with Crippen LogP contribution in [0.5, 0.6) is 0 Å². The summed E-state index contributed by atoms with van der Waals surface area (Å²) in [7, 11) is 1.35. The first-order valence-corrected chi connectivity index (χ1v) is 6.61. The fraction of sp³-hybridized carbons (Fsp3) is 0.846. The molecular formula is C13H22N2O4. The highest BCUT2D eigenvalue weighted by Crippen LogP contribution is 2.34. The molecule has 19 heavy (non-hydrogen) atoms. The van der Waals surface area contributed by atoms with E-state index in [2.05, 4.69) is 5.32 Å². The summed E-state index contributed by atoms with van der Waals surface area (Å²) >= 11 is 0. The van der Waals surface area contributed by atoms with E-state index in [1.165, 1.54) is 12.0 Å². The van der Waals surface area contributed by atoms with Crippen LogP contribution in [0.15, 0.2) is 0 Å². The minimum Gasteiger partial charge on any atom is -0.467 e. The molecule has 3 unspecified atom stereocenters. The highest BCUT2D eigenvalue weighted by molar-refractivity contribution is 5.82. The maximum atomic E-state index is 12.2. The van der Waals surface area contributed by atoms with Crippen LogP contribution in [0.25, 0.3) is 0 Å². The molecule has 2 rings (SSSR count). The monoisotopic (exact) mass is 270 g/mol. The Morgan fingerprint density at radius 1 is 1.26 bits per heavy atom. The number of amides is 1. The summed E-state index contributed by atoms with van der Waals surface area (Å²) in [6.45, 7) is 7.57. The predicted molar refractivity (Wildman–Crippen MR) is 68.6 cm³/mol. The van der Waals surface area contributed by atoms with Gasteiger partial charge in [0.15, 0.2) is 0 Å². The maximum absolute atomic E-state index is 12.2. The first kappa shape index (κ1) is 14.1. The van der Waals surface area contributed by atoms with Crippen molar-refractivity contribution in [2.24, 2.45) is 11.8 Å². The van der Waals surface area contributed by atoms with Crippen molar-refractivity contribution in [1.82, 2.24) is 10.2 Å². The van der Waals surface area contributed by atoms with Gasteiger partial charge in [0.25, 0.3) is 0 Å². The lowest BCUT2D eigenvalue weighted by atomic mass is 9.94. The number of methoxy groups -OCH3 is 1. The zero-order chi connectivity index (χ0) is 14.2. The van der Waals surface area contributed by atoms with Gasteiger partial charge in [-0.25, -0.2) is 9.59 Å². The van der Waals surface area contributed by atoms with Gasteiger partial charge >= 0.3 is 12.1 Å². The molecule has 0 aromatic heterocycles. The van der Waals surface area contributed by atoms with E-state index < -0.39 is 17.7 Å². The Morgan fingerprint density at radius 2 is 1.95 bits per heavy atom. The highest BCUT2D eigenvalue weighted by atomic mass is 16.6. The van der Waals surface area contributed by atoms with Gasteiger partial charge in [0.1, 0.15) is 11.6 Å². The zero-order valence-corrected chi connectivity index (χ0v) is 11.9. The molecule has 0 aromatic carbocycles. The zero-order valence-electron chi connectivity index (χ0n) is 11.9. The molecule has 2 aliphatic rings. The third-order valence-electron chi connectivity index (χ3n) is 3.64. The number of esters is 1. The van der Waals surface area contributed by atoms with Crippen LogP contribution >= 0.6 is 0 Å². The van der Waals surface area contributed by atoms with Crippen molar-refractivity contribution in [3.8, 4) is 0 Å². The topological polar surface area (TPSA) is 67.9 Å². The van der Waals surface area contributed by atoms with Crippen LogP contribution < -0.4 is 5.32 Å². The molecule has 0 bridgehead atoms. The van der Waals surface area contributed by atoms with Gasteiger partial charge < -0.3 is 14.8 Å². The predicted octanol–water partition coefficient (Wildman–Crippen LogP) is 0.614. The molecule has 6 heteroatoms. The molecule has 0 saturated carbocycles. The van der Waals surface area contributed by atoms with Gasteiger partial charge in [0.05, 0.1) is 7.11 Å². The van der Waals surface area contributed by atoms with Crippen molar-refractivity contribution < 1.29 is 19.1 Å². The van der Waals surface area contributed by atoms with Crippen molar-refractivity contribution in [3.63, 3.8) is 0 Å². The lowest BCUT2D eigenvalue weighted by Crippen LogP contribution is -2.47. The van der Waals surface area contributed by atoms with Crippen LogP contribution in [0.1, 0.15) is 20.8 Å². The lowest BCUT2D eigenvalue weighted by molar-refractivity contribution is -0.147. The maximum Gasteiger partial charge on any atom is 0.411 e. The third kappa shape index (κ3) is 2.83. The second kappa shape index (κ2) is 5.00. The molecule has 2 aliphatic heterocycles. The average Bonchev–Trinajstić information content (AvgIpc) is 2.84. The summed E-state index contributed by atoms with van der Waals surface area (Å²) in [4.78, 5) is 25.7. The number of hydrogen-bond acceptors (Lipinski definition) is 5. The second-order valence-corrected chi connectivity index (χ2v) is 6.18. The Bertz CT molecular complexity index is 377. The Hall–Kier alpha value is -1.30. The van der Waals surface area contributed by atoms with Crippen LogP contribution in [-0.4, -0.2) is 55.3 Å². The average molecular weight is 270 g/mol. The first-order chi connectivity index (χ1) is 8.83. The number of nitrogens with zero attached hydrogens (tertiary/aromatic N) is 1. The van der Waals surface area contributed by atoms with E-state index in [1.54, 1.807) is 0 Å². The van der Waals surface area contributed by atoms with E-state index in [4.69, 9.17) is 9.47 Å². The number of nitrogens with one attached hydrogen (secondary N) is 1. The standard InChI is InChI=1S/C13H22N2O4/c1-13(2,3)19-12(17)15-7-8-5-14-6-9(8)10(15)11(16)18-4/h8-10,14H,5-7H2,1-4H3. The van der Waals surface area contributed by atoms with Crippen molar-refractivity contribution in [2.75, 3.05) is 26.7 Å². The quantitative estimate of drug-likeness (QED) is 0.707. The molecule has 0 aromatic rings. The van der Waals surface area contributed by atoms with Gasteiger partial charge in [0, 0.05) is 25.6 Å². The molecule has 2 fully saturated rings. The van der Waals surface area contributed by atoms with Crippen molar-refractivity contribution >= 4 is 12.1 Å².